The van der Waals surface area contributed by atoms with Crippen molar-refractivity contribution in [3.8, 4) is 5.75 Å². The molecular formula is C14H7FO3. The van der Waals surface area contributed by atoms with Crippen LogP contribution in [0.1, 0.15) is 31.8 Å². The summed E-state index contributed by atoms with van der Waals surface area (Å²) < 4.78 is 13.7. The van der Waals surface area contributed by atoms with Crippen LogP contribution in [0.3, 0.4) is 0 Å². The first kappa shape index (κ1) is 10.7. The van der Waals surface area contributed by atoms with E-state index in [0.29, 0.717) is 0 Å². The van der Waals surface area contributed by atoms with E-state index in [4.69, 9.17) is 0 Å². The topological polar surface area (TPSA) is 54.4 Å². The summed E-state index contributed by atoms with van der Waals surface area (Å²) in [6.07, 6.45) is 0. The zero-order valence-corrected chi connectivity index (χ0v) is 9.11. The third kappa shape index (κ3) is 1.23. The Bertz CT molecular complexity index is 644. The largest absolute Gasteiger partial charge is 0.507 e. The summed E-state index contributed by atoms with van der Waals surface area (Å²) in [6, 6.07) is 8.24. The molecule has 1 aliphatic carbocycles. The first-order chi connectivity index (χ1) is 8.61. The number of halogens is 1. The summed E-state index contributed by atoms with van der Waals surface area (Å²) in [4.78, 5) is 24.3. The average Bonchev–Trinajstić information content (AvgIpc) is 2.38. The molecule has 1 N–H and O–H groups in total. The number of aromatic hydroxyl groups is 1. The predicted molar refractivity (Wildman–Crippen MR) is 61.4 cm³/mol. The number of benzene rings is 2. The number of rotatable bonds is 0. The quantitative estimate of drug-likeness (QED) is 0.658. The SMILES string of the molecule is O=C1c2ccccc2C(=O)c2c(F)ccc(O)c21. The molecule has 1 aliphatic rings. The van der Waals surface area contributed by atoms with Gasteiger partial charge >= 0.3 is 0 Å². The van der Waals surface area contributed by atoms with Crippen LogP contribution in [-0.4, -0.2) is 16.7 Å². The molecule has 2 aromatic carbocycles. The van der Waals surface area contributed by atoms with Crippen LogP contribution in [0.5, 0.6) is 5.75 Å². The highest BCUT2D eigenvalue weighted by Gasteiger charge is 2.33. The van der Waals surface area contributed by atoms with Crippen LogP contribution >= 0.6 is 0 Å². The van der Waals surface area contributed by atoms with Gasteiger partial charge in [-0.2, -0.15) is 0 Å². The monoisotopic (exact) mass is 242 g/mol. The molecule has 0 saturated heterocycles. The highest BCUT2D eigenvalue weighted by Crippen LogP contribution is 2.33. The zero-order chi connectivity index (χ0) is 12.9. The summed E-state index contributed by atoms with van der Waals surface area (Å²) in [7, 11) is 0. The number of hydrogen-bond donors (Lipinski definition) is 1. The molecule has 0 bridgehead atoms. The lowest BCUT2D eigenvalue weighted by Gasteiger charge is -2.18. The van der Waals surface area contributed by atoms with Crippen LogP contribution in [0.25, 0.3) is 0 Å². The molecule has 0 saturated carbocycles. The molecule has 0 radical (unpaired) electrons. The standard InChI is InChI=1S/C14H7FO3/c15-9-5-6-10(16)12-11(9)13(17)7-3-1-2-4-8(7)14(12)18/h1-6,16H. The van der Waals surface area contributed by atoms with Gasteiger partial charge in [-0.25, -0.2) is 4.39 Å². The smallest absolute Gasteiger partial charge is 0.198 e. The van der Waals surface area contributed by atoms with Gasteiger partial charge < -0.3 is 5.11 Å². The lowest BCUT2D eigenvalue weighted by Crippen LogP contribution is -2.22. The summed E-state index contributed by atoms with van der Waals surface area (Å²) in [5.41, 5.74) is -0.243. The summed E-state index contributed by atoms with van der Waals surface area (Å²) in [5.74, 6) is -2.28. The Morgan fingerprint density at radius 3 is 2.00 bits per heavy atom. The lowest BCUT2D eigenvalue weighted by atomic mass is 9.83. The molecule has 0 aliphatic heterocycles. The van der Waals surface area contributed by atoms with Crippen molar-refractivity contribution in [3.05, 3.63) is 64.5 Å². The lowest BCUT2D eigenvalue weighted by molar-refractivity contribution is 0.0973. The normalized spacial score (nSPS) is 13.2. The molecule has 0 fully saturated rings. The van der Waals surface area contributed by atoms with Gasteiger partial charge in [-0.3, -0.25) is 9.59 Å². The van der Waals surface area contributed by atoms with Crippen molar-refractivity contribution in [1.82, 2.24) is 0 Å². The maximum Gasteiger partial charge on any atom is 0.198 e. The van der Waals surface area contributed by atoms with Crippen LogP contribution in [0, 0.1) is 5.82 Å². The molecule has 0 heterocycles. The van der Waals surface area contributed by atoms with E-state index < -0.39 is 17.4 Å². The number of fused-ring (bicyclic) bond motifs is 2. The molecule has 18 heavy (non-hydrogen) atoms. The van der Waals surface area contributed by atoms with Crippen molar-refractivity contribution in [2.45, 2.75) is 0 Å². The molecule has 0 atom stereocenters. The number of carbonyl (C=O) groups excluding carboxylic acids is 2. The minimum Gasteiger partial charge on any atom is -0.507 e. The van der Waals surface area contributed by atoms with Crippen molar-refractivity contribution in [1.29, 1.82) is 0 Å². The molecule has 88 valence electrons. The molecule has 0 amide bonds. The van der Waals surface area contributed by atoms with Gasteiger partial charge in [0.2, 0.25) is 0 Å². The first-order valence-corrected chi connectivity index (χ1v) is 5.31. The highest BCUT2D eigenvalue weighted by atomic mass is 19.1. The van der Waals surface area contributed by atoms with Crippen LogP contribution in [0.15, 0.2) is 36.4 Å². The molecule has 2 aromatic rings. The van der Waals surface area contributed by atoms with Crippen LogP contribution in [0.4, 0.5) is 4.39 Å². The molecule has 3 rings (SSSR count). The van der Waals surface area contributed by atoms with Crippen LogP contribution < -0.4 is 0 Å². The summed E-state index contributed by atoms with van der Waals surface area (Å²) in [6.45, 7) is 0. The van der Waals surface area contributed by atoms with Gasteiger partial charge in [-0.05, 0) is 12.1 Å². The second-order valence-corrected chi connectivity index (χ2v) is 4.02. The molecule has 0 aromatic heterocycles. The Hall–Kier alpha value is -2.49. The van der Waals surface area contributed by atoms with Gasteiger partial charge in [0, 0.05) is 11.1 Å². The number of ketones is 2. The number of carbonyl (C=O) groups is 2. The first-order valence-electron chi connectivity index (χ1n) is 5.31. The average molecular weight is 242 g/mol. The van der Waals surface area contributed by atoms with E-state index in [1.807, 2.05) is 0 Å². The van der Waals surface area contributed by atoms with Crippen molar-refractivity contribution < 1.29 is 19.1 Å². The number of phenolic OH excluding ortho intramolecular Hbond substituents is 1. The Balaban J connectivity index is 2.41. The van der Waals surface area contributed by atoms with E-state index >= 15 is 0 Å². The maximum absolute atomic E-state index is 13.7. The minimum atomic E-state index is -0.796. The van der Waals surface area contributed by atoms with Crippen LogP contribution in [0.2, 0.25) is 0 Å². The third-order valence-electron chi connectivity index (χ3n) is 3.00. The number of phenols is 1. The van der Waals surface area contributed by atoms with Gasteiger partial charge in [0.1, 0.15) is 11.6 Å². The third-order valence-corrected chi connectivity index (χ3v) is 3.00. The van der Waals surface area contributed by atoms with E-state index in [9.17, 15) is 19.1 Å². The minimum absolute atomic E-state index is 0.166. The molecule has 3 nitrogen and oxygen atoms in total. The molecule has 0 spiro atoms. The van der Waals surface area contributed by atoms with Gasteiger partial charge in [0.15, 0.2) is 11.6 Å². The van der Waals surface area contributed by atoms with E-state index in [1.54, 1.807) is 12.1 Å². The Labute approximate surface area is 101 Å². The fourth-order valence-electron chi connectivity index (χ4n) is 2.17. The molecule has 4 heteroatoms. The van der Waals surface area contributed by atoms with Crippen molar-refractivity contribution >= 4 is 11.6 Å². The van der Waals surface area contributed by atoms with E-state index in [2.05, 4.69) is 0 Å². The predicted octanol–water partition coefficient (Wildman–Crippen LogP) is 2.31. The van der Waals surface area contributed by atoms with Crippen molar-refractivity contribution in [2.24, 2.45) is 0 Å². The van der Waals surface area contributed by atoms with Gasteiger partial charge in [0.25, 0.3) is 0 Å². The Morgan fingerprint density at radius 2 is 1.39 bits per heavy atom. The Kier molecular flexibility index (Phi) is 2.07. The van der Waals surface area contributed by atoms with Crippen molar-refractivity contribution in [2.75, 3.05) is 0 Å². The highest BCUT2D eigenvalue weighted by molar-refractivity contribution is 6.29. The number of hydrogen-bond acceptors (Lipinski definition) is 3. The van der Waals surface area contributed by atoms with Gasteiger partial charge in [-0.1, -0.05) is 24.3 Å². The summed E-state index contributed by atoms with van der Waals surface area (Å²) in [5, 5.41) is 9.65. The van der Waals surface area contributed by atoms with Crippen LogP contribution in [-0.2, 0) is 0 Å². The molecular weight excluding hydrogens is 235 g/mol. The fraction of sp³-hybridized carbons (Fsp3) is 0. The van der Waals surface area contributed by atoms with E-state index in [-0.39, 0.29) is 28.0 Å². The Morgan fingerprint density at radius 1 is 0.833 bits per heavy atom. The second-order valence-electron chi connectivity index (χ2n) is 4.02. The summed E-state index contributed by atoms with van der Waals surface area (Å²) >= 11 is 0. The fourth-order valence-corrected chi connectivity index (χ4v) is 2.17. The van der Waals surface area contributed by atoms with E-state index in [1.165, 1.54) is 12.1 Å². The van der Waals surface area contributed by atoms with Gasteiger partial charge in [0.05, 0.1) is 11.1 Å². The molecule has 0 unspecified atom stereocenters. The second kappa shape index (κ2) is 3.50. The van der Waals surface area contributed by atoms with Gasteiger partial charge in [-0.15, -0.1) is 0 Å². The zero-order valence-electron chi connectivity index (χ0n) is 9.11. The van der Waals surface area contributed by atoms with E-state index in [0.717, 1.165) is 12.1 Å². The van der Waals surface area contributed by atoms with Crippen molar-refractivity contribution in [3.63, 3.8) is 0 Å². The maximum atomic E-state index is 13.7.